The number of benzene rings is 1. The number of hydrogen-bond donors (Lipinski definition) is 3. The van der Waals surface area contributed by atoms with Gasteiger partial charge in [-0.15, -0.1) is 10.2 Å². The molecule has 0 fully saturated rings. The second-order valence-electron chi connectivity index (χ2n) is 6.32. The second kappa shape index (κ2) is 8.72. The number of sulfonamides is 1. The van der Waals surface area contributed by atoms with E-state index in [1.54, 1.807) is 24.3 Å². The third-order valence-electron chi connectivity index (χ3n) is 3.50. The van der Waals surface area contributed by atoms with Crippen molar-refractivity contribution < 1.29 is 13.2 Å². The van der Waals surface area contributed by atoms with E-state index in [1.165, 1.54) is 12.1 Å². The Labute approximate surface area is 153 Å². The van der Waals surface area contributed by atoms with E-state index in [9.17, 15) is 13.2 Å². The Hall–Kier alpha value is -2.52. The number of anilines is 2. The number of rotatable bonds is 8. The lowest BCUT2D eigenvalue weighted by Gasteiger charge is -2.08. The van der Waals surface area contributed by atoms with E-state index in [0.717, 1.165) is 5.56 Å². The molecule has 1 amide bonds. The lowest BCUT2D eigenvalue weighted by molar-refractivity contribution is -0.116. The lowest BCUT2D eigenvalue weighted by atomic mass is 10.1. The second-order valence-corrected chi connectivity index (χ2v) is 7.88. The van der Waals surface area contributed by atoms with Crippen LogP contribution < -0.4 is 15.8 Å². The van der Waals surface area contributed by atoms with Gasteiger partial charge in [0.05, 0.1) is 4.90 Å². The molecule has 0 bridgehead atoms. The SMILES string of the molecule is CC(C)CC(=O)Nc1ccc(NCCc2ccc(S(N)(=O)=O)cc2)nn1. The van der Waals surface area contributed by atoms with Crippen LogP contribution in [0.15, 0.2) is 41.3 Å². The van der Waals surface area contributed by atoms with Crippen LogP contribution in [0, 0.1) is 5.92 Å². The zero-order chi connectivity index (χ0) is 19.2. The fraction of sp³-hybridized carbons (Fsp3) is 0.353. The van der Waals surface area contributed by atoms with Crippen molar-refractivity contribution in [1.29, 1.82) is 0 Å². The highest BCUT2D eigenvalue weighted by atomic mass is 32.2. The molecule has 1 heterocycles. The third kappa shape index (κ3) is 6.41. The molecule has 0 spiro atoms. The summed E-state index contributed by atoms with van der Waals surface area (Å²) in [6.45, 7) is 4.55. The predicted octanol–water partition coefficient (Wildman–Crippen LogP) is 1.76. The number of aromatic nitrogens is 2. The van der Waals surface area contributed by atoms with Gasteiger partial charge in [-0.3, -0.25) is 4.79 Å². The highest BCUT2D eigenvalue weighted by molar-refractivity contribution is 7.89. The molecule has 2 rings (SSSR count). The van der Waals surface area contributed by atoms with Crippen LogP contribution >= 0.6 is 0 Å². The van der Waals surface area contributed by atoms with Crippen LogP contribution in [-0.2, 0) is 21.2 Å². The minimum atomic E-state index is -3.67. The largest absolute Gasteiger partial charge is 0.368 e. The molecule has 0 saturated carbocycles. The Morgan fingerprint density at radius 2 is 1.69 bits per heavy atom. The molecule has 0 aliphatic carbocycles. The van der Waals surface area contributed by atoms with E-state index in [1.807, 2.05) is 13.8 Å². The average Bonchev–Trinajstić information content (AvgIpc) is 2.55. The molecular formula is C17H23N5O3S. The molecule has 8 nitrogen and oxygen atoms in total. The number of primary sulfonamides is 1. The van der Waals surface area contributed by atoms with Crippen molar-refractivity contribution in [3.05, 3.63) is 42.0 Å². The summed E-state index contributed by atoms with van der Waals surface area (Å²) in [5.41, 5.74) is 0.968. The van der Waals surface area contributed by atoms with Gasteiger partial charge in [-0.05, 0) is 42.2 Å². The standard InChI is InChI=1S/C17H23N5O3S/c1-12(2)11-17(23)20-16-8-7-15(21-22-16)19-10-9-13-3-5-14(6-4-13)26(18,24)25/h3-8,12H,9-11H2,1-2H3,(H,19,21)(H2,18,24,25)(H,20,22,23). The fourth-order valence-corrected chi connectivity index (χ4v) is 2.75. The third-order valence-corrected chi connectivity index (χ3v) is 4.43. The van der Waals surface area contributed by atoms with Crippen molar-refractivity contribution in [3.8, 4) is 0 Å². The maximum Gasteiger partial charge on any atom is 0.238 e. The molecule has 9 heteroatoms. The summed E-state index contributed by atoms with van der Waals surface area (Å²) in [6, 6.07) is 9.84. The minimum Gasteiger partial charge on any atom is -0.368 e. The molecule has 26 heavy (non-hydrogen) atoms. The minimum absolute atomic E-state index is 0.0852. The maximum absolute atomic E-state index is 11.7. The van der Waals surface area contributed by atoms with Crippen LogP contribution in [0.1, 0.15) is 25.8 Å². The Kier molecular flexibility index (Phi) is 6.64. The first-order valence-electron chi connectivity index (χ1n) is 8.23. The molecule has 2 aromatic rings. The topological polar surface area (TPSA) is 127 Å². The number of hydrogen-bond acceptors (Lipinski definition) is 6. The molecular weight excluding hydrogens is 354 g/mol. The number of carbonyl (C=O) groups excluding carboxylic acids is 1. The van der Waals surface area contributed by atoms with Crippen molar-refractivity contribution in [2.75, 3.05) is 17.2 Å². The van der Waals surface area contributed by atoms with Crippen molar-refractivity contribution >= 4 is 27.6 Å². The van der Waals surface area contributed by atoms with Gasteiger partial charge in [-0.2, -0.15) is 0 Å². The van der Waals surface area contributed by atoms with Gasteiger partial charge < -0.3 is 10.6 Å². The number of nitrogens with one attached hydrogen (secondary N) is 2. The molecule has 1 aromatic carbocycles. The molecule has 0 radical (unpaired) electrons. The van der Waals surface area contributed by atoms with Crippen molar-refractivity contribution in [2.24, 2.45) is 11.1 Å². The lowest BCUT2D eigenvalue weighted by Crippen LogP contribution is -2.15. The van der Waals surface area contributed by atoms with Gasteiger partial charge in [0.2, 0.25) is 15.9 Å². The van der Waals surface area contributed by atoms with E-state index < -0.39 is 10.0 Å². The van der Waals surface area contributed by atoms with Crippen molar-refractivity contribution in [2.45, 2.75) is 31.6 Å². The van der Waals surface area contributed by atoms with Crippen LogP contribution in [0.5, 0.6) is 0 Å². The first kappa shape index (κ1) is 19.8. The average molecular weight is 377 g/mol. The molecule has 0 atom stereocenters. The fourth-order valence-electron chi connectivity index (χ4n) is 2.24. The van der Waals surface area contributed by atoms with E-state index in [0.29, 0.717) is 31.0 Å². The number of nitrogens with zero attached hydrogens (tertiary/aromatic N) is 2. The van der Waals surface area contributed by atoms with Crippen LogP contribution in [0.3, 0.4) is 0 Å². The Morgan fingerprint density at radius 1 is 1.08 bits per heavy atom. The van der Waals surface area contributed by atoms with Crippen LogP contribution in [0.2, 0.25) is 0 Å². The first-order chi connectivity index (χ1) is 12.2. The Morgan fingerprint density at radius 3 is 2.23 bits per heavy atom. The quantitative estimate of drug-likeness (QED) is 0.643. The van der Waals surface area contributed by atoms with Crippen LogP contribution in [0.4, 0.5) is 11.6 Å². The van der Waals surface area contributed by atoms with Gasteiger partial charge in [-0.25, -0.2) is 13.6 Å². The van der Waals surface area contributed by atoms with Gasteiger partial charge in [-0.1, -0.05) is 26.0 Å². The summed E-state index contributed by atoms with van der Waals surface area (Å²) in [7, 11) is -3.67. The summed E-state index contributed by atoms with van der Waals surface area (Å²) < 4.78 is 22.4. The molecule has 140 valence electrons. The smallest absolute Gasteiger partial charge is 0.238 e. The summed E-state index contributed by atoms with van der Waals surface area (Å²) in [6.07, 6.45) is 1.12. The molecule has 0 unspecified atom stereocenters. The highest BCUT2D eigenvalue weighted by Crippen LogP contribution is 2.11. The molecule has 4 N–H and O–H groups in total. The summed E-state index contributed by atoms with van der Waals surface area (Å²) >= 11 is 0. The molecule has 1 aromatic heterocycles. The summed E-state index contributed by atoms with van der Waals surface area (Å²) in [4.78, 5) is 11.8. The zero-order valence-electron chi connectivity index (χ0n) is 14.8. The predicted molar refractivity (Wildman–Crippen MR) is 100 cm³/mol. The highest BCUT2D eigenvalue weighted by Gasteiger charge is 2.08. The number of amides is 1. The van der Waals surface area contributed by atoms with Gasteiger partial charge >= 0.3 is 0 Å². The summed E-state index contributed by atoms with van der Waals surface area (Å²) in [5, 5.41) is 18.9. The molecule has 0 aliphatic rings. The van der Waals surface area contributed by atoms with E-state index >= 15 is 0 Å². The normalized spacial score (nSPS) is 11.4. The summed E-state index contributed by atoms with van der Waals surface area (Å²) in [5.74, 6) is 1.20. The van der Waals surface area contributed by atoms with E-state index in [4.69, 9.17) is 5.14 Å². The van der Waals surface area contributed by atoms with E-state index in [-0.39, 0.29) is 16.7 Å². The maximum atomic E-state index is 11.7. The van der Waals surface area contributed by atoms with Crippen LogP contribution in [-0.4, -0.2) is 31.1 Å². The molecule has 0 saturated heterocycles. The van der Waals surface area contributed by atoms with Crippen LogP contribution in [0.25, 0.3) is 0 Å². The monoisotopic (exact) mass is 377 g/mol. The van der Waals surface area contributed by atoms with Crippen molar-refractivity contribution in [3.63, 3.8) is 0 Å². The molecule has 0 aliphatic heterocycles. The number of nitrogens with two attached hydrogens (primary N) is 1. The number of carbonyl (C=O) groups is 1. The van der Waals surface area contributed by atoms with Gasteiger partial charge in [0.15, 0.2) is 5.82 Å². The van der Waals surface area contributed by atoms with Gasteiger partial charge in [0, 0.05) is 13.0 Å². The zero-order valence-corrected chi connectivity index (χ0v) is 15.6. The van der Waals surface area contributed by atoms with Gasteiger partial charge in [0.25, 0.3) is 0 Å². The van der Waals surface area contributed by atoms with E-state index in [2.05, 4.69) is 20.8 Å². The van der Waals surface area contributed by atoms with Gasteiger partial charge in [0.1, 0.15) is 5.82 Å². The van der Waals surface area contributed by atoms with Crippen molar-refractivity contribution in [1.82, 2.24) is 10.2 Å². The Balaban J connectivity index is 1.82. The first-order valence-corrected chi connectivity index (χ1v) is 9.78. The Bertz CT molecular complexity index is 834.